The molecule has 0 atom stereocenters. The van der Waals surface area contributed by atoms with E-state index in [-0.39, 0.29) is 4.90 Å². The van der Waals surface area contributed by atoms with E-state index >= 15 is 0 Å². The Bertz CT molecular complexity index is 999. The topological polar surface area (TPSA) is 102 Å². The Labute approximate surface area is 157 Å². The van der Waals surface area contributed by atoms with E-state index in [1.165, 1.54) is 6.20 Å². The van der Waals surface area contributed by atoms with Gasteiger partial charge >= 0.3 is 0 Å². The van der Waals surface area contributed by atoms with Gasteiger partial charge in [-0.15, -0.1) is 0 Å². The van der Waals surface area contributed by atoms with Crippen molar-refractivity contribution < 1.29 is 8.42 Å². The first-order chi connectivity index (χ1) is 13.1. The van der Waals surface area contributed by atoms with Gasteiger partial charge in [-0.2, -0.15) is 5.10 Å². The second-order valence-electron chi connectivity index (χ2n) is 6.46. The third-order valence-electron chi connectivity index (χ3n) is 4.35. The number of anilines is 1. The molecule has 27 heavy (non-hydrogen) atoms. The van der Waals surface area contributed by atoms with Crippen LogP contribution in [0.1, 0.15) is 18.4 Å². The van der Waals surface area contributed by atoms with Crippen molar-refractivity contribution >= 4 is 15.8 Å². The Morgan fingerprint density at radius 2 is 2.00 bits per heavy atom. The lowest BCUT2D eigenvalue weighted by Crippen LogP contribution is -2.26. The molecule has 4 rings (SSSR count). The van der Waals surface area contributed by atoms with Gasteiger partial charge in [0, 0.05) is 43.4 Å². The van der Waals surface area contributed by atoms with E-state index in [2.05, 4.69) is 25.1 Å². The Balaban J connectivity index is 1.42. The molecule has 0 saturated heterocycles. The van der Waals surface area contributed by atoms with Gasteiger partial charge in [0.2, 0.25) is 10.0 Å². The van der Waals surface area contributed by atoms with Crippen LogP contribution in [0, 0.1) is 5.92 Å². The molecule has 3 aromatic heterocycles. The van der Waals surface area contributed by atoms with Gasteiger partial charge in [-0.25, -0.2) is 27.8 Å². The molecule has 3 aromatic rings. The molecule has 1 aliphatic carbocycles. The first-order valence-electron chi connectivity index (χ1n) is 8.75. The highest BCUT2D eigenvalue weighted by atomic mass is 32.2. The van der Waals surface area contributed by atoms with E-state index in [0.717, 1.165) is 24.2 Å². The predicted molar refractivity (Wildman–Crippen MR) is 101 cm³/mol. The summed E-state index contributed by atoms with van der Waals surface area (Å²) in [7, 11) is -3.50. The van der Waals surface area contributed by atoms with Gasteiger partial charge in [-0.1, -0.05) is 6.07 Å². The zero-order valence-electron chi connectivity index (χ0n) is 14.6. The van der Waals surface area contributed by atoms with Crippen molar-refractivity contribution in [3.63, 3.8) is 0 Å². The van der Waals surface area contributed by atoms with Gasteiger partial charge < -0.3 is 5.32 Å². The van der Waals surface area contributed by atoms with Crippen molar-refractivity contribution in [2.75, 3.05) is 11.9 Å². The lowest BCUT2D eigenvalue weighted by atomic mass is 10.2. The number of nitrogens with one attached hydrogen (secondary N) is 2. The molecule has 0 unspecified atom stereocenters. The highest BCUT2D eigenvalue weighted by Crippen LogP contribution is 2.28. The summed E-state index contributed by atoms with van der Waals surface area (Å²) in [5, 5.41) is 7.41. The highest BCUT2D eigenvalue weighted by Gasteiger charge is 2.24. The SMILES string of the molecule is O=S(=O)(NCC1CC1)c1ccc(NCc2cccnc2-n2cccn2)nc1. The molecular weight excluding hydrogens is 364 g/mol. The average Bonchev–Trinajstić information content (AvgIpc) is 3.37. The van der Waals surface area contributed by atoms with Crippen molar-refractivity contribution in [1.29, 1.82) is 0 Å². The molecule has 0 aromatic carbocycles. The minimum absolute atomic E-state index is 0.173. The summed E-state index contributed by atoms with van der Waals surface area (Å²) in [4.78, 5) is 8.77. The van der Waals surface area contributed by atoms with Gasteiger partial charge in [-0.3, -0.25) is 0 Å². The largest absolute Gasteiger partial charge is 0.366 e. The van der Waals surface area contributed by atoms with Gasteiger partial charge in [0.1, 0.15) is 10.7 Å². The maximum absolute atomic E-state index is 12.2. The normalized spacial score (nSPS) is 14.2. The number of rotatable bonds is 8. The van der Waals surface area contributed by atoms with Gasteiger partial charge in [0.05, 0.1) is 0 Å². The number of nitrogens with zero attached hydrogens (tertiary/aromatic N) is 4. The van der Waals surface area contributed by atoms with Crippen molar-refractivity contribution in [3.8, 4) is 5.82 Å². The summed E-state index contributed by atoms with van der Waals surface area (Å²) in [6.07, 6.45) is 8.81. The fourth-order valence-corrected chi connectivity index (χ4v) is 3.69. The maximum Gasteiger partial charge on any atom is 0.242 e. The van der Waals surface area contributed by atoms with Gasteiger partial charge in [-0.05, 0) is 43.0 Å². The number of aromatic nitrogens is 4. The van der Waals surface area contributed by atoms with Crippen LogP contribution < -0.4 is 10.0 Å². The van der Waals surface area contributed by atoms with Crippen molar-refractivity contribution in [2.45, 2.75) is 24.3 Å². The van der Waals surface area contributed by atoms with Crippen LogP contribution in [0.4, 0.5) is 5.82 Å². The van der Waals surface area contributed by atoms with Crippen LogP contribution in [0.2, 0.25) is 0 Å². The van der Waals surface area contributed by atoms with E-state index in [9.17, 15) is 8.42 Å². The van der Waals surface area contributed by atoms with Crippen LogP contribution in [-0.2, 0) is 16.6 Å². The molecule has 1 aliphatic rings. The molecule has 2 N–H and O–H groups in total. The summed E-state index contributed by atoms with van der Waals surface area (Å²) in [6.45, 7) is 0.988. The molecule has 0 aliphatic heterocycles. The first-order valence-corrected chi connectivity index (χ1v) is 10.2. The van der Waals surface area contributed by atoms with Crippen molar-refractivity contribution in [2.24, 2.45) is 5.92 Å². The smallest absolute Gasteiger partial charge is 0.242 e. The Hall–Kier alpha value is -2.78. The molecular formula is C18H20N6O2S. The zero-order valence-corrected chi connectivity index (χ0v) is 15.4. The van der Waals surface area contributed by atoms with Crippen LogP contribution in [0.3, 0.4) is 0 Å². The highest BCUT2D eigenvalue weighted by molar-refractivity contribution is 7.89. The number of hydrogen-bond donors (Lipinski definition) is 2. The quantitative estimate of drug-likeness (QED) is 0.616. The van der Waals surface area contributed by atoms with Crippen LogP contribution >= 0.6 is 0 Å². The number of hydrogen-bond acceptors (Lipinski definition) is 6. The zero-order chi connectivity index (χ0) is 18.7. The second-order valence-corrected chi connectivity index (χ2v) is 8.23. The maximum atomic E-state index is 12.2. The molecule has 1 saturated carbocycles. The van der Waals surface area contributed by atoms with Crippen LogP contribution in [-0.4, -0.2) is 34.7 Å². The van der Waals surface area contributed by atoms with E-state index in [4.69, 9.17) is 0 Å². The van der Waals surface area contributed by atoms with Crippen LogP contribution in [0.5, 0.6) is 0 Å². The molecule has 8 nitrogen and oxygen atoms in total. The van der Waals surface area contributed by atoms with E-state index < -0.39 is 10.0 Å². The molecule has 9 heteroatoms. The van der Waals surface area contributed by atoms with E-state index in [1.54, 1.807) is 29.2 Å². The number of pyridine rings is 2. The monoisotopic (exact) mass is 384 g/mol. The van der Waals surface area contributed by atoms with Crippen molar-refractivity contribution in [3.05, 3.63) is 60.7 Å². The Morgan fingerprint density at radius 1 is 1.11 bits per heavy atom. The molecule has 3 heterocycles. The average molecular weight is 384 g/mol. The lowest BCUT2D eigenvalue weighted by Gasteiger charge is -2.11. The summed E-state index contributed by atoms with van der Waals surface area (Å²) in [6, 6.07) is 8.87. The third-order valence-corrected chi connectivity index (χ3v) is 5.76. The minimum Gasteiger partial charge on any atom is -0.366 e. The third kappa shape index (κ3) is 4.32. The summed E-state index contributed by atoms with van der Waals surface area (Å²) in [5.74, 6) is 1.81. The first kappa shape index (κ1) is 17.6. The standard InChI is InChI=1S/C18H20N6O2S/c25-27(26,23-11-14-4-5-14)16-6-7-17(21-13-16)20-12-15-3-1-8-19-18(15)24-10-2-9-22-24/h1-3,6-10,13-14,23H,4-5,11-12H2,(H,20,21). The second kappa shape index (κ2) is 7.45. The summed E-state index contributed by atoms with van der Waals surface area (Å²) < 4.78 is 28.8. The number of sulfonamides is 1. The van der Waals surface area contributed by atoms with Crippen molar-refractivity contribution in [1.82, 2.24) is 24.5 Å². The molecule has 0 bridgehead atoms. The van der Waals surface area contributed by atoms with Gasteiger partial charge in [0.15, 0.2) is 5.82 Å². The van der Waals surface area contributed by atoms with E-state index in [0.29, 0.717) is 24.8 Å². The summed E-state index contributed by atoms with van der Waals surface area (Å²) in [5.41, 5.74) is 0.950. The summed E-state index contributed by atoms with van der Waals surface area (Å²) >= 11 is 0. The molecule has 0 radical (unpaired) electrons. The van der Waals surface area contributed by atoms with Gasteiger partial charge in [0.25, 0.3) is 0 Å². The Morgan fingerprint density at radius 3 is 2.70 bits per heavy atom. The lowest BCUT2D eigenvalue weighted by molar-refractivity contribution is 0.577. The molecule has 1 fully saturated rings. The minimum atomic E-state index is -3.50. The van der Waals surface area contributed by atoms with Crippen LogP contribution in [0.15, 0.2) is 60.0 Å². The molecule has 140 valence electrons. The molecule has 0 spiro atoms. The van der Waals surface area contributed by atoms with E-state index in [1.807, 2.05) is 24.4 Å². The fraction of sp³-hybridized carbons (Fsp3) is 0.278. The molecule has 0 amide bonds. The predicted octanol–water partition coefficient (Wildman–Crippen LogP) is 1.96. The fourth-order valence-electron chi connectivity index (χ4n) is 2.63. The van der Waals surface area contributed by atoms with Crippen LogP contribution in [0.25, 0.3) is 5.82 Å². The Kier molecular flexibility index (Phi) is 4.87.